The number of anilines is 1. The fourth-order valence-corrected chi connectivity index (χ4v) is 1.53. The van der Waals surface area contributed by atoms with Gasteiger partial charge in [-0.25, -0.2) is 9.78 Å². The largest absolute Gasteiger partial charge is 0.465 e. The Morgan fingerprint density at radius 3 is 2.58 bits per heavy atom. The zero-order chi connectivity index (χ0) is 14.3. The van der Waals surface area contributed by atoms with Gasteiger partial charge in [0.25, 0.3) is 0 Å². The van der Waals surface area contributed by atoms with Crippen LogP contribution >= 0.6 is 11.6 Å². The average Bonchev–Trinajstić information content (AvgIpc) is 2.36. The summed E-state index contributed by atoms with van der Waals surface area (Å²) in [5.41, 5.74) is 0.423. The molecule has 0 aliphatic carbocycles. The summed E-state index contributed by atoms with van der Waals surface area (Å²) in [6.07, 6.45) is 0.799. The number of halogens is 1. The molecule has 0 bridgehead atoms. The number of amides is 1. The van der Waals surface area contributed by atoms with Crippen molar-refractivity contribution in [1.29, 1.82) is 0 Å². The molecule has 0 radical (unpaired) electrons. The van der Waals surface area contributed by atoms with Crippen LogP contribution in [0.2, 0.25) is 5.15 Å². The van der Waals surface area contributed by atoms with E-state index in [0.29, 0.717) is 5.69 Å². The van der Waals surface area contributed by atoms with Crippen LogP contribution in [0.25, 0.3) is 0 Å². The zero-order valence-electron chi connectivity index (χ0n) is 10.8. The summed E-state index contributed by atoms with van der Waals surface area (Å²) < 4.78 is 9.71. The van der Waals surface area contributed by atoms with E-state index < -0.39 is 12.1 Å². The van der Waals surface area contributed by atoms with Crippen molar-refractivity contribution in [2.75, 3.05) is 24.7 Å². The third kappa shape index (κ3) is 4.75. The highest BCUT2D eigenvalue weighted by Crippen LogP contribution is 2.18. The Bertz CT molecular complexity index is 453. The highest BCUT2D eigenvalue weighted by molar-refractivity contribution is 6.29. The summed E-state index contributed by atoms with van der Waals surface area (Å²) in [7, 11) is 0. The number of carbonyl (C=O) groups is 2. The molecule has 1 amide bonds. The van der Waals surface area contributed by atoms with Crippen molar-refractivity contribution >= 4 is 29.4 Å². The summed E-state index contributed by atoms with van der Waals surface area (Å²) in [4.78, 5) is 28.3. The Balaban J connectivity index is 2.91. The molecule has 0 saturated carbocycles. The Morgan fingerprint density at radius 1 is 1.32 bits per heavy atom. The normalized spacial score (nSPS) is 9.84. The van der Waals surface area contributed by atoms with Crippen molar-refractivity contribution in [2.45, 2.75) is 13.8 Å². The lowest BCUT2D eigenvalue weighted by Gasteiger charge is -2.20. The number of ether oxygens (including phenoxy) is 2. The third-order valence-electron chi connectivity index (χ3n) is 2.10. The predicted octanol–water partition coefficient (Wildman–Crippen LogP) is 2.26. The molecule has 1 heterocycles. The Kier molecular flexibility index (Phi) is 6.08. The monoisotopic (exact) mass is 286 g/mol. The lowest BCUT2D eigenvalue weighted by molar-refractivity contribution is -0.141. The topological polar surface area (TPSA) is 68.7 Å². The molecule has 0 spiro atoms. The van der Waals surface area contributed by atoms with Crippen molar-refractivity contribution in [3.05, 3.63) is 23.5 Å². The van der Waals surface area contributed by atoms with E-state index in [1.54, 1.807) is 19.9 Å². The Hall–Kier alpha value is -1.82. The van der Waals surface area contributed by atoms with E-state index in [2.05, 4.69) is 4.98 Å². The first-order valence-corrected chi connectivity index (χ1v) is 6.17. The van der Waals surface area contributed by atoms with Crippen molar-refractivity contribution < 1.29 is 19.1 Å². The molecule has 7 heteroatoms. The zero-order valence-corrected chi connectivity index (χ0v) is 11.5. The van der Waals surface area contributed by atoms with Crippen molar-refractivity contribution in [1.82, 2.24) is 4.98 Å². The van der Waals surface area contributed by atoms with Gasteiger partial charge < -0.3 is 9.47 Å². The van der Waals surface area contributed by atoms with Crippen LogP contribution in [0.4, 0.5) is 10.5 Å². The molecular weight excluding hydrogens is 272 g/mol. The molecule has 6 nitrogen and oxygen atoms in total. The van der Waals surface area contributed by atoms with Gasteiger partial charge in [0.1, 0.15) is 11.7 Å². The van der Waals surface area contributed by atoms with E-state index in [1.807, 2.05) is 0 Å². The van der Waals surface area contributed by atoms with Crippen molar-refractivity contribution in [2.24, 2.45) is 0 Å². The number of esters is 1. The number of hydrogen-bond acceptors (Lipinski definition) is 5. The highest BCUT2D eigenvalue weighted by atomic mass is 35.5. The van der Waals surface area contributed by atoms with Crippen LogP contribution in [-0.4, -0.2) is 36.8 Å². The van der Waals surface area contributed by atoms with Crippen LogP contribution in [0.1, 0.15) is 13.8 Å². The van der Waals surface area contributed by atoms with Crippen LogP contribution in [0.3, 0.4) is 0 Å². The van der Waals surface area contributed by atoms with Gasteiger partial charge in [0.05, 0.1) is 18.9 Å². The van der Waals surface area contributed by atoms with Gasteiger partial charge in [-0.15, -0.1) is 0 Å². The van der Waals surface area contributed by atoms with Gasteiger partial charge in [-0.2, -0.15) is 0 Å². The molecule has 1 aromatic rings. The molecule has 19 heavy (non-hydrogen) atoms. The van der Waals surface area contributed by atoms with E-state index in [1.165, 1.54) is 12.3 Å². The number of carbonyl (C=O) groups excluding carboxylic acids is 2. The third-order valence-corrected chi connectivity index (χ3v) is 2.31. The van der Waals surface area contributed by atoms with Crippen LogP contribution in [0.15, 0.2) is 18.3 Å². The molecule has 1 rings (SSSR count). The van der Waals surface area contributed by atoms with E-state index in [9.17, 15) is 9.59 Å². The number of rotatable bonds is 5. The maximum absolute atomic E-state index is 11.8. The lowest BCUT2D eigenvalue weighted by Crippen LogP contribution is -2.37. The van der Waals surface area contributed by atoms with Crippen molar-refractivity contribution in [3.63, 3.8) is 0 Å². The summed E-state index contributed by atoms with van der Waals surface area (Å²) >= 11 is 5.76. The molecule has 0 saturated heterocycles. The maximum atomic E-state index is 11.8. The molecule has 0 aliphatic rings. The smallest absolute Gasteiger partial charge is 0.414 e. The quantitative estimate of drug-likeness (QED) is 0.613. The Morgan fingerprint density at radius 2 is 2.00 bits per heavy atom. The molecule has 0 N–H and O–H groups in total. The minimum absolute atomic E-state index is 0.205. The lowest BCUT2D eigenvalue weighted by atomic mass is 10.3. The first-order valence-electron chi connectivity index (χ1n) is 5.80. The standard InChI is InChI=1S/C12H15ClN2O4/c1-3-18-11(16)8-15(12(17)19-4-2)9-5-6-14-10(13)7-9/h5-7H,3-4,8H2,1-2H3. The highest BCUT2D eigenvalue weighted by Gasteiger charge is 2.21. The average molecular weight is 287 g/mol. The first kappa shape index (κ1) is 15.2. The number of aromatic nitrogens is 1. The number of pyridine rings is 1. The maximum Gasteiger partial charge on any atom is 0.414 e. The summed E-state index contributed by atoms with van der Waals surface area (Å²) in [5.74, 6) is -0.525. The number of nitrogens with zero attached hydrogens (tertiary/aromatic N) is 2. The van der Waals surface area contributed by atoms with E-state index >= 15 is 0 Å². The minimum Gasteiger partial charge on any atom is -0.465 e. The van der Waals surface area contributed by atoms with E-state index in [-0.39, 0.29) is 24.9 Å². The number of hydrogen-bond donors (Lipinski definition) is 0. The fraction of sp³-hybridized carbons (Fsp3) is 0.417. The van der Waals surface area contributed by atoms with Gasteiger partial charge in [0.15, 0.2) is 0 Å². The van der Waals surface area contributed by atoms with Crippen LogP contribution in [0, 0.1) is 0 Å². The second kappa shape index (κ2) is 7.58. The van der Waals surface area contributed by atoms with Crippen LogP contribution in [0.5, 0.6) is 0 Å². The molecule has 0 unspecified atom stereocenters. The van der Waals surface area contributed by atoms with E-state index in [0.717, 1.165) is 4.90 Å². The molecule has 104 valence electrons. The second-order valence-electron chi connectivity index (χ2n) is 3.43. The first-order chi connectivity index (χ1) is 9.08. The van der Waals surface area contributed by atoms with Gasteiger partial charge in [0.2, 0.25) is 0 Å². The summed E-state index contributed by atoms with van der Waals surface area (Å²) in [6.45, 7) is 3.58. The molecular formula is C12H15ClN2O4. The SMILES string of the molecule is CCOC(=O)CN(C(=O)OCC)c1ccnc(Cl)c1. The summed E-state index contributed by atoms with van der Waals surface area (Å²) in [5, 5.41) is 0.218. The van der Waals surface area contributed by atoms with Gasteiger partial charge in [-0.3, -0.25) is 9.69 Å². The van der Waals surface area contributed by atoms with Gasteiger partial charge in [-0.05, 0) is 26.0 Å². The second-order valence-corrected chi connectivity index (χ2v) is 3.81. The molecule has 0 fully saturated rings. The molecule has 0 aromatic carbocycles. The summed E-state index contributed by atoms with van der Waals surface area (Å²) in [6, 6.07) is 3.03. The van der Waals surface area contributed by atoms with Crippen LogP contribution < -0.4 is 4.90 Å². The fourth-order valence-electron chi connectivity index (χ4n) is 1.36. The van der Waals surface area contributed by atoms with Gasteiger partial charge in [0, 0.05) is 6.20 Å². The van der Waals surface area contributed by atoms with Crippen LogP contribution in [-0.2, 0) is 14.3 Å². The minimum atomic E-state index is -0.641. The molecule has 1 aromatic heterocycles. The molecule has 0 atom stereocenters. The van der Waals surface area contributed by atoms with E-state index in [4.69, 9.17) is 21.1 Å². The van der Waals surface area contributed by atoms with Crippen molar-refractivity contribution in [3.8, 4) is 0 Å². The van der Waals surface area contributed by atoms with Gasteiger partial charge >= 0.3 is 12.1 Å². The molecule has 0 aliphatic heterocycles. The van der Waals surface area contributed by atoms with Gasteiger partial charge in [-0.1, -0.05) is 11.6 Å². The Labute approximate surface area is 116 Å². The predicted molar refractivity (Wildman–Crippen MR) is 70.2 cm³/mol.